The molecule has 15 heavy (non-hydrogen) atoms. The van der Waals surface area contributed by atoms with Crippen LogP contribution in [0.1, 0.15) is 27.7 Å². The van der Waals surface area contributed by atoms with E-state index in [0.29, 0.717) is 0 Å². The van der Waals surface area contributed by atoms with E-state index in [0.717, 1.165) is 5.67 Å². The van der Waals surface area contributed by atoms with Gasteiger partial charge in [0.05, 0.1) is 0 Å². The smallest absolute Gasteiger partial charge is 0.294 e. The van der Waals surface area contributed by atoms with Gasteiger partial charge in [-0.05, 0) is 5.67 Å². The molecule has 0 saturated carbocycles. The topological polar surface area (TPSA) is 52.6 Å². The minimum absolute atomic E-state index is 0.0580. The molecule has 0 heterocycles. The Balaban J connectivity index is 3.40. The highest BCUT2D eigenvalue weighted by Gasteiger charge is 2.09. The Hall–Kier alpha value is -0.626. The molecule has 0 aliphatic heterocycles. The predicted octanol–water partition coefficient (Wildman–Crippen LogP) is -0.0718. The highest BCUT2D eigenvalue weighted by molar-refractivity contribution is 6.50. The van der Waals surface area contributed by atoms with Gasteiger partial charge in [0.2, 0.25) is 19.5 Å². The fraction of sp³-hybridized carbons (Fsp3) is 0.778. The number of carbonyl (C=O) groups is 2. The molecular weight excluding hydrogens is 228 g/mol. The molecule has 6 heteroatoms. The van der Waals surface area contributed by atoms with Gasteiger partial charge in [0, 0.05) is 11.8 Å². The summed E-state index contributed by atoms with van der Waals surface area (Å²) in [5.41, 5.74) is 0.830. The molecule has 0 bridgehead atoms. The molecule has 88 valence electrons. The Morgan fingerprint density at radius 3 is 1.53 bits per heavy atom. The van der Waals surface area contributed by atoms with Crippen molar-refractivity contribution in [2.45, 2.75) is 33.4 Å². The molecule has 0 aromatic carbocycles. The highest BCUT2D eigenvalue weighted by atomic mass is 28.3. The summed E-state index contributed by atoms with van der Waals surface area (Å²) in [5.74, 6) is -0.383. The van der Waals surface area contributed by atoms with E-state index in [1.807, 2.05) is 27.7 Å². The van der Waals surface area contributed by atoms with Crippen molar-refractivity contribution in [2.24, 2.45) is 11.8 Å². The lowest BCUT2D eigenvalue weighted by molar-refractivity contribution is -0.138. The zero-order valence-electron chi connectivity index (χ0n) is 9.91. The summed E-state index contributed by atoms with van der Waals surface area (Å²) in [7, 11) is -1.62. The lowest BCUT2D eigenvalue weighted by Gasteiger charge is -2.08. The van der Waals surface area contributed by atoms with E-state index in [9.17, 15) is 9.59 Å². The summed E-state index contributed by atoms with van der Waals surface area (Å²) in [6.45, 7) is 7.25. The zero-order chi connectivity index (χ0) is 11.8. The first-order valence-corrected chi connectivity index (χ1v) is 8.44. The van der Waals surface area contributed by atoms with Crippen LogP contribution in [-0.2, 0) is 18.4 Å². The second-order valence-corrected chi connectivity index (χ2v) is 8.22. The number of carbonyl (C=O) groups excluding carboxylic acids is 2. The van der Waals surface area contributed by atoms with Gasteiger partial charge in [0.1, 0.15) is 0 Å². The molecular formula is C9H20O4Si2. The first-order chi connectivity index (χ1) is 6.95. The van der Waals surface area contributed by atoms with Crippen molar-refractivity contribution in [3.05, 3.63) is 0 Å². The quantitative estimate of drug-likeness (QED) is 0.488. The standard InChI is InChI=1S/C9H20O4Si2/c1-6(2)8(10)12-14-5-15-13-9(11)7(3)4/h6-7H,5,14-15H2,1-4H3. The van der Waals surface area contributed by atoms with Crippen LogP contribution in [0.4, 0.5) is 0 Å². The predicted molar refractivity (Wildman–Crippen MR) is 63.8 cm³/mol. The van der Waals surface area contributed by atoms with Crippen molar-refractivity contribution in [1.29, 1.82) is 0 Å². The molecule has 0 saturated heterocycles. The fourth-order valence-electron chi connectivity index (χ4n) is 0.738. The number of rotatable bonds is 6. The molecule has 0 atom stereocenters. The largest absolute Gasteiger partial charge is 0.525 e. The molecule has 0 aromatic rings. The molecule has 0 unspecified atom stereocenters. The van der Waals surface area contributed by atoms with E-state index in [4.69, 9.17) is 8.85 Å². The molecule has 4 nitrogen and oxygen atoms in total. The van der Waals surface area contributed by atoms with Crippen LogP contribution < -0.4 is 0 Å². The number of hydrogen-bond acceptors (Lipinski definition) is 4. The summed E-state index contributed by atoms with van der Waals surface area (Å²) >= 11 is 0. The average molecular weight is 248 g/mol. The Morgan fingerprint density at radius 2 is 1.27 bits per heavy atom. The Bertz CT molecular complexity index is 194. The van der Waals surface area contributed by atoms with Crippen LogP contribution in [0, 0.1) is 11.8 Å². The van der Waals surface area contributed by atoms with Crippen LogP contribution in [0.5, 0.6) is 0 Å². The van der Waals surface area contributed by atoms with Crippen LogP contribution in [0.25, 0.3) is 0 Å². The maximum absolute atomic E-state index is 11.1. The molecule has 0 aromatic heterocycles. The van der Waals surface area contributed by atoms with E-state index in [-0.39, 0.29) is 23.8 Å². The van der Waals surface area contributed by atoms with Crippen molar-refractivity contribution in [3.63, 3.8) is 0 Å². The van der Waals surface area contributed by atoms with Gasteiger partial charge in [-0.25, -0.2) is 0 Å². The SMILES string of the molecule is CC(C)C(=O)O[SiH2]C[SiH2]OC(=O)C(C)C. The Labute approximate surface area is 95.6 Å². The third kappa shape index (κ3) is 7.32. The van der Waals surface area contributed by atoms with Crippen molar-refractivity contribution < 1.29 is 18.4 Å². The first-order valence-electron chi connectivity index (χ1n) is 5.28. The van der Waals surface area contributed by atoms with Gasteiger partial charge in [-0.15, -0.1) is 0 Å². The van der Waals surface area contributed by atoms with Gasteiger partial charge in [-0.1, -0.05) is 27.7 Å². The number of hydrogen-bond donors (Lipinski definition) is 0. The summed E-state index contributed by atoms with van der Waals surface area (Å²) in [6.07, 6.45) is 0. The van der Waals surface area contributed by atoms with E-state index >= 15 is 0 Å². The summed E-state index contributed by atoms with van der Waals surface area (Å²) < 4.78 is 10.2. The van der Waals surface area contributed by atoms with Crippen molar-refractivity contribution in [2.75, 3.05) is 0 Å². The minimum atomic E-state index is -0.812. The van der Waals surface area contributed by atoms with Crippen LogP contribution in [-0.4, -0.2) is 31.5 Å². The van der Waals surface area contributed by atoms with Gasteiger partial charge in [-0.2, -0.15) is 0 Å². The first kappa shape index (κ1) is 14.4. The minimum Gasteiger partial charge on any atom is -0.525 e. The zero-order valence-corrected chi connectivity index (χ0v) is 12.7. The molecule has 0 aliphatic rings. The molecule has 0 radical (unpaired) electrons. The van der Waals surface area contributed by atoms with E-state index < -0.39 is 19.5 Å². The van der Waals surface area contributed by atoms with Crippen molar-refractivity contribution in [3.8, 4) is 0 Å². The normalized spacial score (nSPS) is 12.1. The van der Waals surface area contributed by atoms with Crippen LogP contribution in [0.15, 0.2) is 0 Å². The van der Waals surface area contributed by atoms with E-state index in [1.165, 1.54) is 0 Å². The van der Waals surface area contributed by atoms with Crippen LogP contribution in [0.3, 0.4) is 0 Å². The monoisotopic (exact) mass is 248 g/mol. The Morgan fingerprint density at radius 1 is 0.933 bits per heavy atom. The molecule has 0 N–H and O–H groups in total. The molecule has 0 amide bonds. The second-order valence-electron chi connectivity index (χ2n) is 4.00. The fourth-order valence-corrected chi connectivity index (χ4v) is 3.43. The third-order valence-corrected chi connectivity index (χ3v) is 5.01. The van der Waals surface area contributed by atoms with Gasteiger partial charge in [0.25, 0.3) is 11.9 Å². The van der Waals surface area contributed by atoms with Crippen LogP contribution >= 0.6 is 0 Å². The summed E-state index contributed by atoms with van der Waals surface area (Å²) in [6, 6.07) is 0. The Kier molecular flexibility index (Phi) is 7.32. The summed E-state index contributed by atoms with van der Waals surface area (Å²) in [4.78, 5) is 22.1. The maximum atomic E-state index is 11.1. The van der Waals surface area contributed by atoms with E-state index in [2.05, 4.69) is 0 Å². The molecule has 0 rings (SSSR count). The van der Waals surface area contributed by atoms with Crippen LogP contribution in [0.2, 0.25) is 5.67 Å². The third-order valence-electron chi connectivity index (χ3n) is 1.72. The maximum Gasteiger partial charge on any atom is 0.294 e. The van der Waals surface area contributed by atoms with Crippen molar-refractivity contribution in [1.82, 2.24) is 0 Å². The summed E-state index contributed by atoms with van der Waals surface area (Å²) in [5, 5.41) is 0. The lowest BCUT2D eigenvalue weighted by Crippen LogP contribution is -2.19. The highest BCUT2D eigenvalue weighted by Crippen LogP contribution is 1.97. The van der Waals surface area contributed by atoms with Gasteiger partial charge >= 0.3 is 0 Å². The average Bonchev–Trinajstić information content (AvgIpc) is 2.16. The van der Waals surface area contributed by atoms with Crippen molar-refractivity contribution >= 4 is 31.5 Å². The van der Waals surface area contributed by atoms with Gasteiger partial charge in [0.15, 0.2) is 0 Å². The van der Waals surface area contributed by atoms with Gasteiger partial charge in [-0.3, -0.25) is 9.59 Å². The van der Waals surface area contributed by atoms with E-state index in [1.54, 1.807) is 0 Å². The molecule has 0 fully saturated rings. The molecule has 0 aliphatic carbocycles. The lowest BCUT2D eigenvalue weighted by atomic mass is 10.2. The molecule has 0 spiro atoms. The second kappa shape index (κ2) is 7.64. The van der Waals surface area contributed by atoms with Gasteiger partial charge < -0.3 is 8.85 Å².